The Balaban J connectivity index is 4.43. The summed E-state index contributed by atoms with van der Waals surface area (Å²) in [5.74, 6) is 0. The fraction of sp³-hybridized carbons (Fsp3) is 0. The van der Waals surface area contributed by atoms with Crippen LogP contribution < -0.4 is 0 Å². The summed E-state index contributed by atoms with van der Waals surface area (Å²) in [6.07, 6.45) is 0. The van der Waals surface area contributed by atoms with E-state index in [1.165, 1.54) is 22.6 Å². The summed E-state index contributed by atoms with van der Waals surface area (Å²) < 4.78 is 19.9. The second-order valence-electron chi connectivity index (χ2n) is 0.793. The van der Waals surface area contributed by atoms with E-state index >= 15 is 0 Å². The van der Waals surface area contributed by atoms with Gasteiger partial charge >= 0.3 is 0 Å². The van der Waals surface area contributed by atoms with Gasteiger partial charge in [-0.3, -0.25) is 0 Å². The van der Waals surface area contributed by atoms with Crippen molar-refractivity contribution >= 4 is 42.3 Å². The molecule has 0 unspecified atom stereocenters. The van der Waals surface area contributed by atoms with Gasteiger partial charge in [0.05, 0.1) is 0 Å². The Morgan fingerprint density at radius 1 is 1.71 bits per heavy atom. The van der Waals surface area contributed by atoms with E-state index in [2.05, 4.69) is 6.58 Å². The zero-order chi connectivity index (χ0) is 6.08. The molecule has 0 radical (unpaired) electrons. The molecule has 0 heterocycles. The van der Waals surface area contributed by atoms with Crippen LogP contribution in [0.3, 0.4) is 0 Å². The standard InChI is InChI=1S/C2H2ClIO2S/c1-2(4)7(3,5)6/h1H2. The predicted octanol–water partition coefficient (Wildman–Crippen LogP) is 1.46. The monoisotopic (exact) mass is 252 g/mol. The first-order valence-corrected chi connectivity index (χ1v) is 4.62. The fourth-order valence-corrected chi connectivity index (χ4v) is 0. The van der Waals surface area contributed by atoms with Crippen LogP contribution in [-0.4, -0.2) is 8.42 Å². The lowest BCUT2D eigenvalue weighted by molar-refractivity contribution is 0.617. The number of hydrogen-bond donors (Lipinski definition) is 0. The maximum absolute atomic E-state index is 9.99. The van der Waals surface area contributed by atoms with Crippen molar-refractivity contribution in [3.63, 3.8) is 0 Å². The largest absolute Gasteiger partial charge is 0.266 e. The van der Waals surface area contributed by atoms with Crippen molar-refractivity contribution in [1.29, 1.82) is 0 Å². The zero-order valence-electron chi connectivity index (χ0n) is 3.19. The van der Waals surface area contributed by atoms with E-state index in [0.717, 1.165) is 0 Å². The smallest absolute Gasteiger partial charge is 0.206 e. The Kier molecular flexibility index (Phi) is 2.56. The average molecular weight is 252 g/mol. The van der Waals surface area contributed by atoms with Gasteiger partial charge in [0.15, 0.2) is 0 Å². The van der Waals surface area contributed by atoms with Crippen LogP contribution >= 0.6 is 33.3 Å². The topological polar surface area (TPSA) is 34.1 Å². The number of hydrogen-bond acceptors (Lipinski definition) is 2. The van der Waals surface area contributed by atoms with Crippen molar-refractivity contribution in [2.75, 3.05) is 0 Å². The molecule has 0 saturated heterocycles. The van der Waals surface area contributed by atoms with E-state index in [0.29, 0.717) is 0 Å². The minimum absolute atomic E-state index is 0.0493. The Bertz CT molecular complexity index is 170. The second-order valence-corrected chi connectivity index (χ2v) is 5.41. The Morgan fingerprint density at radius 3 is 1.86 bits per heavy atom. The minimum Gasteiger partial charge on any atom is -0.206 e. The lowest BCUT2D eigenvalue weighted by Gasteiger charge is -1.82. The summed E-state index contributed by atoms with van der Waals surface area (Å²) in [6.45, 7) is 3.09. The third-order valence-corrected chi connectivity index (χ3v) is 3.87. The van der Waals surface area contributed by atoms with Gasteiger partial charge in [0.2, 0.25) is 0 Å². The Labute approximate surface area is 60.1 Å². The summed E-state index contributed by atoms with van der Waals surface area (Å²) in [4.78, 5) is 0. The third kappa shape index (κ3) is 3.31. The minimum atomic E-state index is -3.48. The highest BCUT2D eigenvalue weighted by Gasteiger charge is 2.04. The summed E-state index contributed by atoms with van der Waals surface area (Å²) in [5, 5.41) is 0. The molecule has 0 saturated carbocycles. The van der Waals surface area contributed by atoms with Crippen molar-refractivity contribution in [1.82, 2.24) is 0 Å². The van der Waals surface area contributed by atoms with Crippen molar-refractivity contribution in [3.05, 3.63) is 9.49 Å². The summed E-state index contributed by atoms with van der Waals surface area (Å²) in [7, 11) is 1.26. The molecule has 0 aliphatic carbocycles. The molecule has 42 valence electrons. The van der Waals surface area contributed by atoms with E-state index in [4.69, 9.17) is 10.7 Å². The zero-order valence-corrected chi connectivity index (χ0v) is 6.92. The van der Waals surface area contributed by atoms with E-state index in [1.54, 1.807) is 0 Å². The van der Waals surface area contributed by atoms with E-state index in [1.807, 2.05) is 0 Å². The quantitative estimate of drug-likeness (QED) is 0.523. The van der Waals surface area contributed by atoms with Gasteiger partial charge in [0.1, 0.15) is 2.91 Å². The summed E-state index contributed by atoms with van der Waals surface area (Å²) in [6, 6.07) is 0. The normalized spacial score (nSPS) is 11.1. The highest BCUT2D eigenvalue weighted by molar-refractivity contribution is 14.1. The van der Waals surface area contributed by atoms with Gasteiger partial charge in [0, 0.05) is 10.7 Å². The molecule has 0 amide bonds. The van der Waals surface area contributed by atoms with Gasteiger partial charge in [-0.25, -0.2) is 8.42 Å². The van der Waals surface area contributed by atoms with Crippen LogP contribution in [0.5, 0.6) is 0 Å². The molecule has 7 heavy (non-hydrogen) atoms. The predicted molar refractivity (Wildman–Crippen MR) is 37.9 cm³/mol. The average Bonchev–Trinajstić information content (AvgIpc) is 1.31. The molecule has 0 aliphatic heterocycles. The highest BCUT2D eigenvalue weighted by Crippen LogP contribution is 2.15. The molecule has 0 bridgehead atoms. The van der Waals surface area contributed by atoms with Gasteiger partial charge in [-0.2, -0.15) is 0 Å². The molecule has 0 fully saturated rings. The number of halogens is 2. The maximum atomic E-state index is 9.99. The van der Waals surface area contributed by atoms with Crippen LogP contribution in [0.25, 0.3) is 0 Å². The van der Waals surface area contributed by atoms with E-state index in [9.17, 15) is 8.42 Å². The molecule has 0 aromatic heterocycles. The number of rotatable bonds is 1. The van der Waals surface area contributed by atoms with Gasteiger partial charge in [-0.05, 0) is 22.6 Å². The molecular weight excluding hydrogens is 250 g/mol. The summed E-state index contributed by atoms with van der Waals surface area (Å²) in [5.41, 5.74) is 0. The van der Waals surface area contributed by atoms with Crippen molar-refractivity contribution < 1.29 is 8.42 Å². The molecule has 2 nitrogen and oxygen atoms in total. The SMILES string of the molecule is C=C(I)S(=O)(=O)Cl. The van der Waals surface area contributed by atoms with Crippen LogP contribution in [0.15, 0.2) is 9.49 Å². The molecule has 0 spiro atoms. The highest BCUT2D eigenvalue weighted by atomic mass is 127. The molecular formula is C2H2ClIO2S. The molecule has 0 rings (SSSR count). The van der Waals surface area contributed by atoms with Crippen LogP contribution in [0.1, 0.15) is 0 Å². The van der Waals surface area contributed by atoms with Crippen molar-refractivity contribution in [3.8, 4) is 0 Å². The first-order valence-electron chi connectivity index (χ1n) is 1.23. The molecule has 0 N–H and O–H groups in total. The Morgan fingerprint density at radius 2 is 1.86 bits per heavy atom. The lowest BCUT2D eigenvalue weighted by Crippen LogP contribution is -1.82. The fourth-order valence-electron chi connectivity index (χ4n) is 0. The van der Waals surface area contributed by atoms with Crippen LogP contribution in [0.4, 0.5) is 0 Å². The molecule has 0 aliphatic rings. The molecule has 0 aromatic rings. The van der Waals surface area contributed by atoms with Gasteiger partial charge in [-0.1, -0.05) is 6.58 Å². The van der Waals surface area contributed by atoms with Crippen LogP contribution in [-0.2, 0) is 9.05 Å². The van der Waals surface area contributed by atoms with Crippen molar-refractivity contribution in [2.45, 2.75) is 0 Å². The van der Waals surface area contributed by atoms with Crippen LogP contribution in [0.2, 0.25) is 0 Å². The maximum Gasteiger partial charge on any atom is 0.266 e. The van der Waals surface area contributed by atoms with Gasteiger partial charge in [-0.15, -0.1) is 0 Å². The third-order valence-electron chi connectivity index (χ3n) is 0.265. The second kappa shape index (κ2) is 2.32. The molecule has 0 aromatic carbocycles. The molecule has 5 heteroatoms. The first-order chi connectivity index (χ1) is 2.94. The Hall–Kier alpha value is 0.710. The van der Waals surface area contributed by atoms with Gasteiger partial charge in [0.25, 0.3) is 9.05 Å². The summed E-state index contributed by atoms with van der Waals surface area (Å²) >= 11 is 1.53. The van der Waals surface area contributed by atoms with E-state index < -0.39 is 9.05 Å². The van der Waals surface area contributed by atoms with E-state index in [-0.39, 0.29) is 2.91 Å². The molecule has 0 atom stereocenters. The van der Waals surface area contributed by atoms with Crippen LogP contribution in [0, 0.1) is 0 Å². The van der Waals surface area contributed by atoms with Gasteiger partial charge < -0.3 is 0 Å². The van der Waals surface area contributed by atoms with Crippen molar-refractivity contribution in [2.24, 2.45) is 0 Å². The first kappa shape index (κ1) is 7.71. The lowest BCUT2D eigenvalue weighted by atomic mass is 11.3.